The van der Waals surface area contributed by atoms with E-state index in [1.165, 1.54) is 10.5 Å². The fourth-order valence-corrected chi connectivity index (χ4v) is 4.81. The Balaban J connectivity index is 1.16. The summed E-state index contributed by atoms with van der Waals surface area (Å²) >= 11 is 0. The van der Waals surface area contributed by atoms with Crippen LogP contribution in [0.2, 0.25) is 0 Å². The fourth-order valence-electron chi connectivity index (χ4n) is 4.81. The second-order valence-corrected chi connectivity index (χ2v) is 9.54. The van der Waals surface area contributed by atoms with Crippen LogP contribution in [-0.4, -0.2) is 47.6 Å². The second-order valence-electron chi connectivity index (χ2n) is 9.54. The number of halogens is 3. The van der Waals surface area contributed by atoms with Crippen LogP contribution in [0.25, 0.3) is 5.65 Å². The summed E-state index contributed by atoms with van der Waals surface area (Å²) in [5.74, 6) is -0.623. The van der Waals surface area contributed by atoms with Gasteiger partial charge in [-0.2, -0.15) is 8.78 Å². The number of nitrogens with zero attached hydrogens (tertiary/aromatic N) is 4. The number of hydrogen-bond acceptors (Lipinski definition) is 5. The maximum atomic E-state index is 14.1. The number of ether oxygens (including phenoxy) is 1. The van der Waals surface area contributed by atoms with E-state index in [0.29, 0.717) is 24.4 Å². The van der Waals surface area contributed by atoms with Crippen LogP contribution in [0.4, 0.5) is 24.5 Å². The molecule has 204 valence electrons. The Hall–Kier alpha value is -4.21. The fraction of sp³-hybridized carbons (Fsp3) is 0.310. The molecule has 0 unspecified atom stereocenters. The summed E-state index contributed by atoms with van der Waals surface area (Å²) in [6, 6.07) is 17.7. The minimum Gasteiger partial charge on any atom is -0.433 e. The van der Waals surface area contributed by atoms with Crippen LogP contribution >= 0.6 is 0 Å². The molecule has 1 amide bonds. The Morgan fingerprint density at radius 3 is 2.13 bits per heavy atom. The highest BCUT2D eigenvalue weighted by Crippen LogP contribution is 2.26. The van der Waals surface area contributed by atoms with E-state index in [4.69, 9.17) is 0 Å². The number of amides is 1. The van der Waals surface area contributed by atoms with Crippen LogP contribution in [0, 0.1) is 5.82 Å². The van der Waals surface area contributed by atoms with Crippen molar-refractivity contribution in [1.29, 1.82) is 0 Å². The van der Waals surface area contributed by atoms with E-state index >= 15 is 0 Å². The van der Waals surface area contributed by atoms with Gasteiger partial charge < -0.3 is 19.9 Å². The first-order chi connectivity index (χ1) is 18.7. The summed E-state index contributed by atoms with van der Waals surface area (Å²) in [5.41, 5.74) is 4.06. The van der Waals surface area contributed by atoms with E-state index in [-0.39, 0.29) is 17.3 Å². The van der Waals surface area contributed by atoms with E-state index in [0.717, 1.165) is 50.0 Å². The molecule has 1 aliphatic heterocycles. The Morgan fingerprint density at radius 2 is 1.56 bits per heavy atom. The number of rotatable bonds is 8. The third kappa shape index (κ3) is 5.94. The maximum Gasteiger partial charge on any atom is 0.394 e. The van der Waals surface area contributed by atoms with E-state index in [9.17, 15) is 18.0 Å². The quantitative estimate of drug-likeness (QED) is 0.331. The van der Waals surface area contributed by atoms with Gasteiger partial charge in [0.2, 0.25) is 0 Å². The van der Waals surface area contributed by atoms with Gasteiger partial charge in [-0.05, 0) is 60.5 Å². The van der Waals surface area contributed by atoms with Crippen molar-refractivity contribution in [3.8, 4) is 5.75 Å². The molecule has 0 bridgehead atoms. The molecule has 0 atom stereocenters. The maximum absolute atomic E-state index is 14.1. The number of alkyl halides is 2. The lowest BCUT2D eigenvalue weighted by atomic mass is 10.1. The van der Waals surface area contributed by atoms with Crippen molar-refractivity contribution in [2.45, 2.75) is 32.9 Å². The predicted octanol–water partition coefficient (Wildman–Crippen LogP) is 5.28. The first-order valence-electron chi connectivity index (χ1n) is 12.9. The van der Waals surface area contributed by atoms with E-state index in [1.807, 2.05) is 31.2 Å². The number of hydrogen-bond donors (Lipinski definition) is 1. The van der Waals surface area contributed by atoms with Crippen molar-refractivity contribution in [1.82, 2.24) is 14.7 Å². The highest BCUT2D eigenvalue weighted by atomic mass is 19.3. The zero-order valence-electron chi connectivity index (χ0n) is 21.8. The Bertz CT molecular complexity index is 1440. The number of piperazine rings is 1. The molecular weight excluding hydrogens is 507 g/mol. The van der Waals surface area contributed by atoms with Gasteiger partial charge in [-0.25, -0.2) is 9.37 Å². The number of aryl methyl sites for hydroxylation is 1. The summed E-state index contributed by atoms with van der Waals surface area (Å²) in [6.45, 7) is 6.15. The number of carbonyl (C=O) groups is 1. The summed E-state index contributed by atoms with van der Waals surface area (Å²) in [7, 11) is 0. The molecule has 1 saturated heterocycles. The van der Waals surface area contributed by atoms with E-state index in [2.05, 4.69) is 24.8 Å². The van der Waals surface area contributed by atoms with Crippen LogP contribution in [0.15, 0.2) is 66.9 Å². The first-order valence-corrected chi connectivity index (χ1v) is 12.9. The lowest BCUT2D eigenvalue weighted by Gasteiger charge is -2.37. The molecule has 3 heterocycles. The molecule has 1 fully saturated rings. The zero-order valence-corrected chi connectivity index (χ0v) is 21.8. The highest BCUT2D eigenvalue weighted by Gasteiger charge is 2.24. The monoisotopic (exact) mass is 537 g/mol. The van der Waals surface area contributed by atoms with Gasteiger partial charge in [0.15, 0.2) is 11.5 Å². The largest absolute Gasteiger partial charge is 0.433 e. The van der Waals surface area contributed by atoms with E-state index in [1.54, 1.807) is 36.5 Å². The molecule has 0 spiro atoms. The van der Waals surface area contributed by atoms with Gasteiger partial charge in [0, 0.05) is 57.2 Å². The van der Waals surface area contributed by atoms with Crippen molar-refractivity contribution >= 4 is 22.9 Å². The van der Waals surface area contributed by atoms with Crippen molar-refractivity contribution in [2.75, 3.05) is 36.0 Å². The van der Waals surface area contributed by atoms with Crippen LogP contribution in [0.5, 0.6) is 5.75 Å². The normalized spacial score (nSPS) is 14.1. The lowest BCUT2D eigenvalue weighted by molar-refractivity contribution is -0.158. The molecule has 2 aromatic carbocycles. The van der Waals surface area contributed by atoms with Crippen molar-refractivity contribution in [3.63, 3.8) is 0 Å². The number of nitrogens with one attached hydrogen (secondary N) is 1. The van der Waals surface area contributed by atoms with Gasteiger partial charge in [0.25, 0.3) is 5.91 Å². The van der Waals surface area contributed by atoms with Crippen LogP contribution in [-0.2, 0) is 13.0 Å². The van der Waals surface area contributed by atoms with Crippen molar-refractivity contribution < 1.29 is 22.7 Å². The van der Waals surface area contributed by atoms with Gasteiger partial charge in [-0.1, -0.05) is 19.1 Å². The number of anilines is 2. The minimum atomic E-state index is -3.21. The van der Waals surface area contributed by atoms with Gasteiger partial charge in [-0.3, -0.25) is 9.20 Å². The molecule has 4 aromatic rings. The molecule has 39 heavy (non-hydrogen) atoms. The average molecular weight is 538 g/mol. The number of fused-ring (bicyclic) bond motifs is 1. The van der Waals surface area contributed by atoms with Crippen LogP contribution < -0.4 is 19.9 Å². The Kier molecular flexibility index (Phi) is 7.36. The minimum absolute atomic E-state index is 0.138. The number of aromatic nitrogens is 2. The van der Waals surface area contributed by atoms with E-state index < -0.39 is 11.9 Å². The topological polar surface area (TPSA) is 62.1 Å². The summed E-state index contributed by atoms with van der Waals surface area (Å²) < 4.78 is 46.3. The summed E-state index contributed by atoms with van der Waals surface area (Å²) in [6.07, 6.45) is -1.04. The van der Waals surface area contributed by atoms with Crippen LogP contribution in [0.3, 0.4) is 0 Å². The predicted molar refractivity (Wildman–Crippen MR) is 144 cm³/mol. The van der Waals surface area contributed by atoms with Gasteiger partial charge >= 0.3 is 6.11 Å². The van der Waals surface area contributed by atoms with Gasteiger partial charge in [-0.15, -0.1) is 0 Å². The SMILES string of the molecule is CCc1nc2c(F)cccn2c1C(=O)NCc1ccc(N2CCN(c3ccc(OC(C)(F)F)cc3)CC2)cc1. The molecule has 5 rings (SSSR count). The number of pyridine rings is 1. The average Bonchev–Trinajstić information content (AvgIpc) is 3.32. The van der Waals surface area contributed by atoms with Crippen LogP contribution in [0.1, 0.15) is 35.6 Å². The Labute approximate surface area is 224 Å². The molecule has 1 N–H and O–H groups in total. The third-order valence-electron chi connectivity index (χ3n) is 6.76. The molecule has 0 saturated carbocycles. The van der Waals surface area contributed by atoms with Gasteiger partial charge in [0.1, 0.15) is 11.4 Å². The number of benzene rings is 2. The molecule has 10 heteroatoms. The third-order valence-corrected chi connectivity index (χ3v) is 6.76. The van der Waals surface area contributed by atoms with Gasteiger partial charge in [0.05, 0.1) is 5.69 Å². The highest BCUT2D eigenvalue weighted by molar-refractivity contribution is 5.94. The summed E-state index contributed by atoms with van der Waals surface area (Å²) in [5, 5.41) is 2.93. The van der Waals surface area contributed by atoms with Crippen molar-refractivity contribution in [2.24, 2.45) is 0 Å². The molecule has 0 radical (unpaired) electrons. The number of carbonyl (C=O) groups excluding carboxylic acids is 1. The molecule has 1 aliphatic rings. The molecule has 7 nitrogen and oxygen atoms in total. The first kappa shape index (κ1) is 26.4. The lowest BCUT2D eigenvalue weighted by Crippen LogP contribution is -2.46. The molecule has 0 aliphatic carbocycles. The second kappa shape index (κ2) is 10.9. The number of imidazole rings is 1. The zero-order chi connectivity index (χ0) is 27.6. The standard InChI is InChI=1S/C29H30F3N5O2/c1-3-25-26(37-14-4-5-24(30)27(37)34-25)28(38)33-19-20-6-8-21(9-7-20)35-15-17-36(18-16-35)22-10-12-23(13-11-22)39-29(2,31)32/h4-14H,3,15-19H2,1-2H3,(H,33,38). The van der Waals surface area contributed by atoms with Crippen molar-refractivity contribution in [3.05, 3.63) is 89.6 Å². The Morgan fingerprint density at radius 1 is 0.974 bits per heavy atom. The molecule has 2 aromatic heterocycles. The summed E-state index contributed by atoms with van der Waals surface area (Å²) in [4.78, 5) is 21.8. The molecular formula is C29H30F3N5O2. The smallest absolute Gasteiger partial charge is 0.394 e.